The maximum Gasteiger partial charge on any atom is 0.255 e. The summed E-state index contributed by atoms with van der Waals surface area (Å²) in [5, 5.41) is 21.4. The van der Waals surface area contributed by atoms with Crippen molar-refractivity contribution in [1.29, 1.82) is 0 Å². The molecule has 6 heteroatoms. The van der Waals surface area contributed by atoms with Crippen molar-refractivity contribution in [3.8, 4) is 11.5 Å². The highest BCUT2D eigenvalue weighted by Crippen LogP contribution is 2.21. The molecule has 0 fully saturated rings. The van der Waals surface area contributed by atoms with Crippen molar-refractivity contribution in [3.05, 3.63) is 42.0 Å². The number of carbonyl (C=O) groups is 1. The largest absolute Gasteiger partial charge is 0.508 e. The van der Waals surface area contributed by atoms with Gasteiger partial charge in [0, 0.05) is 19.4 Å². The SMILES string of the molecule is Cn1ccnc1CNC(=O)c1cc(O)ccc1O. The Morgan fingerprint density at radius 2 is 2.22 bits per heavy atom. The fourth-order valence-electron chi connectivity index (χ4n) is 1.53. The molecule has 2 rings (SSSR count). The van der Waals surface area contributed by atoms with Gasteiger partial charge in [0.05, 0.1) is 12.1 Å². The van der Waals surface area contributed by atoms with Crippen molar-refractivity contribution in [2.75, 3.05) is 0 Å². The second-order valence-corrected chi connectivity index (χ2v) is 3.84. The van der Waals surface area contributed by atoms with E-state index in [0.29, 0.717) is 5.82 Å². The van der Waals surface area contributed by atoms with Crippen molar-refractivity contribution in [2.45, 2.75) is 6.54 Å². The maximum absolute atomic E-state index is 11.8. The Hall–Kier alpha value is -2.50. The minimum atomic E-state index is -0.466. The summed E-state index contributed by atoms with van der Waals surface area (Å²) >= 11 is 0. The number of aryl methyl sites for hydroxylation is 1. The third kappa shape index (κ3) is 2.42. The first-order valence-corrected chi connectivity index (χ1v) is 5.34. The molecule has 1 amide bonds. The topological polar surface area (TPSA) is 87.4 Å². The number of hydrogen-bond acceptors (Lipinski definition) is 4. The van der Waals surface area contributed by atoms with Crippen molar-refractivity contribution in [1.82, 2.24) is 14.9 Å². The molecule has 0 radical (unpaired) electrons. The van der Waals surface area contributed by atoms with E-state index in [4.69, 9.17) is 0 Å². The third-order valence-corrected chi connectivity index (χ3v) is 2.55. The van der Waals surface area contributed by atoms with Crippen LogP contribution in [0.15, 0.2) is 30.6 Å². The molecule has 0 atom stereocenters. The molecule has 18 heavy (non-hydrogen) atoms. The van der Waals surface area contributed by atoms with E-state index in [-0.39, 0.29) is 23.6 Å². The van der Waals surface area contributed by atoms with Crippen molar-refractivity contribution in [2.24, 2.45) is 7.05 Å². The number of benzene rings is 1. The molecule has 1 aromatic heterocycles. The molecule has 0 saturated carbocycles. The number of rotatable bonds is 3. The minimum absolute atomic E-state index is 0.0317. The number of carbonyl (C=O) groups excluding carboxylic acids is 1. The molecule has 0 unspecified atom stereocenters. The normalized spacial score (nSPS) is 10.3. The number of hydrogen-bond donors (Lipinski definition) is 3. The van der Waals surface area contributed by atoms with Gasteiger partial charge >= 0.3 is 0 Å². The monoisotopic (exact) mass is 247 g/mol. The van der Waals surface area contributed by atoms with Gasteiger partial charge in [-0.2, -0.15) is 0 Å². The van der Waals surface area contributed by atoms with Gasteiger partial charge in [0.25, 0.3) is 5.91 Å². The van der Waals surface area contributed by atoms with E-state index in [1.54, 1.807) is 17.0 Å². The van der Waals surface area contributed by atoms with Crippen LogP contribution in [0.5, 0.6) is 11.5 Å². The summed E-state index contributed by atoms with van der Waals surface area (Å²) in [6.07, 6.45) is 3.40. The second-order valence-electron chi connectivity index (χ2n) is 3.84. The number of imidazole rings is 1. The molecular formula is C12H13N3O3. The lowest BCUT2D eigenvalue weighted by molar-refractivity contribution is 0.0946. The number of aromatic nitrogens is 2. The number of nitrogens with one attached hydrogen (secondary N) is 1. The van der Waals surface area contributed by atoms with E-state index < -0.39 is 5.91 Å². The van der Waals surface area contributed by atoms with Gasteiger partial charge in [-0.3, -0.25) is 4.79 Å². The van der Waals surface area contributed by atoms with Gasteiger partial charge in [0.1, 0.15) is 17.3 Å². The van der Waals surface area contributed by atoms with E-state index in [9.17, 15) is 15.0 Å². The zero-order valence-electron chi connectivity index (χ0n) is 9.79. The first-order chi connectivity index (χ1) is 8.58. The summed E-state index contributed by atoms with van der Waals surface area (Å²) in [4.78, 5) is 15.9. The van der Waals surface area contributed by atoms with Crippen LogP contribution >= 0.6 is 0 Å². The van der Waals surface area contributed by atoms with Crippen LogP contribution in [-0.4, -0.2) is 25.7 Å². The van der Waals surface area contributed by atoms with Gasteiger partial charge in [0.2, 0.25) is 0 Å². The summed E-state index contributed by atoms with van der Waals surface area (Å²) in [5.74, 6) is -0.0190. The molecule has 1 aromatic carbocycles. The predicted molar refractivity (Wildman–Crippen MR) is 64.1 cm³/mol. The third-order valence-electron chi connectivity index (χ3n) is 2.55. The number of aromatic hydroxyl groups is 2. The fraction of sp³-hybridized carbons (Fsp3) is 0.167. The number of amides is 1. The first kappa shape index (κ1) is 12.0. The molecule has 1 heterocycles. The standard InChI is InChI=1S/C12H13N3O3/c1-15-5-4-13-11(15)7-14-12(18)9-6-8(16)2-3-10(9)17/h2-6,16-17H,7H2,1H3,(H,14,18). The average molecular weight is 247 g/mol. The summed E-state index contributed by atoms with van der Waals surface area (Å²) in [7, 11) is 1.82. The fourth-order valence-corrected chi connectivity index (χ4v) is 1.53. The second kappa shape index (κ2) is 4.79. The lowest BCUT2D eigenvalue weighted by atomic mass is 10.2. The Balaban J connectivity index is 2.08. The molecule has 0 aliphatic carbocycles. The van der Waals surface area contributed by atoms with Gasteiger partial charge in [0.15, 0.2) is 0 Å². The van der Waals surface area contributed by atoms with Gasteiger partial charge < -0.3 is 20.1 Å². The lowest BCUT2D eigenvalue weighted by Gasteiger charge is -2.07. The minimum Gasteiger partial charge on any atom is -0.508 e. The number of nitrogens with zero attached hydrogens (tertiary/aromatic N) is 2. The van der Waals surface area contributed by atoms with Crippen molar-refractivity contribution >= 4 is 5.91 Å². The molecule has 0 aliphatic heterocycles. The van der Waals surface area contributed by atoms with Crippen LogP contribution in [0, 0.1) is 0 Å². The zero-order chi connectivity index (χ0) is 13.1. The maximum atomic E-state index is 11.8. The molecule has 0 saturated heterocycles. The van der Waals surface area contributed by atoms with Crippen LogP contribution in [0.4, 0.5) is 0 Å². The van der Waals surface area contributed by atoms with Crippen LogP contribution in [0.2, 0.25) is 0 Å². The molecule has 0 aliphatic rings. The number of phenols is 2. The summed E-state index contributed by atoms with van der Waals surface area (Å²) in [5.41, 5.74) is 0.0317. The molecule has 94 valence electrons. The quantitative estimate of drug-likeness (QED) is 0.699. The van der Waals surface area contributed by atoms with Gasteiger partial charge in [-0.1, -0.05) is 0 Å². The predicted octanol–water partition coefficient (Wildman–Crippen LogP) is 0.761. The summed E-state index contributed by atoms with van der Waals surface area (Å²) in [6, 6.07) is 3.79. The first-order valence-electron chi connectivity index (χ1n) is 5.34. The molecular weight excluding hydrogens is 234 g/mol. The molecule has 2 aromatic rings. The Kier molecular flexibility index (Phi) is 3.18. The lowest BCUT2D eigenvalue weighted by Crippen LogP contribution is -2.24. The highest BCUT2D eigenvalue weighted by atomic mass is 16.3. The summed E-state index contributed by atoms with van der Waals surface area (Å²) in [6.45, 7) is 0.247. The van der Waals surface area contributed by atoms with Gasteiger partial charge in [-0.05, 0) is 18.2 Å². The van der Waals surface area contributed by atoms with E-state index >= 15 is 0 Å². The zero-order valence-corrected chi connectivity index (χ0v) is 9.79. The molecule has 0 spiro atoms. The van der Waals surface area contributed by atoms with Gasteiger partial charge in [-0.25, -0.2) is 4.98 Å². The van der Waals surface area contributed by atoms with E-state index in [1.165, 1.54) is 18.2 Å². The van der Waals surface area contributed by atoms with E-state index in [0.717, 1.165) is 0 Å². The Labute approximate surface area is 104 Å². The Morgan fingerprint density at radius 3 is 2.89 bits per heavy atom. The Bertz CT molecular complexity index is 578. The molecule has 3 N–H and O–H groups in total. The van der Waals surface area contributed by atoms with Crippen LogP contribution in [-0.2, 0) is 13.6 Å². The van der Waals surface area contributed by atoms with Crippen LogP contribution in [0.1, 0.15) is 16.2 Å². The molecule has 0 bridgehead atoms. The van der Waals surface area contributed by atoms with Crippen LogP contribution in [0.3, 0.4) is 0 Å². The van der Waals surface area contributed by atoms with E-state index in [1.807, 2.05) is 7.05 Å². The highest BCUT2D eigenvalue weighted by Gasteiger charge is 2.12. The van der Waals surface area contributed by atoms with Crippen LogP contribution in [0.25, 0.3) is 0 Å². The molecule has 6 nitrogen and oxygen atoms in total. The van der Waals surface area contributed by atoms with Crippen molar-refractivity contribution in [3.63, 3.8) is 0 Å². The number of phenolic OH excluding ortho intramolecular Hbond substituents is 2. The van der Waals surface area contributed by atoms with E-state index in [2.05, 4.69) is 10.3 Å². The van der Waals surface area contributed by atoms with Gasteiger partial charge in [-0.15, -0.1) is 0 Å². The highest BCUT2D eigenvalue weighted by molar-refractivity contribution is 5.97. The summed E-state index contributed by atoms with van der Waals surface area (Å²) < 4.78 is 1.78. The van der Waals surface area contributed by atoms with Crippen LogP contribution < -0.4 is 5.32 Å². The van der Waals surface area contributed by atoms with Crippen molar-refractivity contribution < 1.29 is 15.0 Å². The average Bonchev–Trinajstić information content (AvgIpc) is 2.75. The smallest absolute Gasteiger partial charge is 0.255 e. The Morgan fingerprint density at radius 1 is 1.44 bits per heavy atom.